The Balaban J connectivity index is 1.78. The van der Waals surface area contributed by atoms with Crippen molar-refractivity contribution in [1.82, 2.24) is 59.7 Å². The number of likely N-dealkylation sites (tertiary alicyclic amines) is 1. The standard InChI is InChI=1S/C15H30N12O4/c1-26(25-24-23-22-21-20-19-18-17-16)12-8-13(14(28)30-2)27(9-12)15(29)31-10-11-6-4-3-5-7-11/h3-7,12-13,17-25H,8-10,16H2,1-2H3/t12-,13+/m1/s1. The van der Waals surface area contributed by atoms with Crippen molar-refractivity contribution in [2.45, 2.75) is 25.1 Å². The minimum Gasteiger partial charge on any atom is -0.467 e. The van der Waals surface area contributed by atoms with E-state index in [1.165, 1.54) is 12.0 Å². The average molecular weight is 442 g/mol. The van der Waals surface area contributed by atoms with Gasteiger partial charge in [-0.15, -0.1) is 0 Å². The Bertz CT molecular complexity index is 669. The minimum absolute atomic E-state index is 0.118. The van der Waals surface area contributed by atoms with Crippen LogP contribution in [-0.4, -0.2) is 54.8 Å². The molecule has 0 aromatic heterocycles. The summed E-state index contributed by atoms with van der Waals surface area (Å²) in [5.41, 5.74) is 23.5. The fourth-order valence-corrected chi connectivity index (χ4v) is 2.86. The normalized spacial score (nSPS) is 18.4. The second-order valence-electron chi connectivity index (χ2n) is 6.36. The van der Waals surface area contributed by atoms with E-state index < -0.39 is 18.1 Å². The van der Waals surface area contributed by atoms with Gasteiger partial charge < -0.3 is 9.47 Å². The number of ether oxygens (including phenoxy) is 2. The molecular weight excluding hydrogens is 412 g/mol. The van der Waals surface area contributed by atoms with Gasteiger partial charge in [-0.2, -0.15) is 49.8 Å². The summed E-state index contributed by atoms with van der Waals surface area (Å²) in [6, 6.07) is 8.39. The summed E-state index contributed by atoms with van der Waals surface area (Å²) in [7, 11) is 3.05. The molecule has 174 valence electrons. The number of hydrazine groups is 10. The fourth-order valence-electron chi connectivity index (χ4n) is 2.86. The highest BCUT2D eigenvalue weighted by atomic mass is 16.6. The lowest BCUT2D eigenvalue weighted by Gasteiger charge is -2.25. The Labute approximate surface area is 179 Å². The molecule has 1 saturated heterocycles. The van der Waals surface area contributed by atoms with Gasteiger partial charge in [0.05, 0.1) is 7.11 Å². The molecule has 1 aromatic carbocycles. The molecule has 1 amide bonds. The molecule has 0 aliphatic carbocycles. The maximum absolute atomic E-state index is 12.6. The van der Waals surface area contributed by atoms with E-state index >= 15 is 0 Å². The summed E-state index contributed by atoms with van der Waals surface area (Å²) in [6.07, 6.45) is -0.209. The third-order valence-corrected chi connectivity index (χ3v) is 4.42. The van der Waals surface area contributed by atoms with Crippen molar-refractivity contribution >= 4 is 12.1 Å². The molecule has 0 radical (unpaired) electrons. The van der Waals surface area contributed by atoms with Crippen LogP contribution in [0.2, 0.25) is 0 Å². The van der Waals surface area contributed by atoms with Crippen LogP contribution in [0.4, 0.5) is 4.79 Å². The van der Waals surface area contributed by atoms with E-state index in [-0.39, 0.29) is 19.2 Å². The Hall–Kier alpha value is -2.48. The summed E-state index contributed by atoms with van der Waals surface area (Å²) in [4.78, 5) is 26.2. The molecule has 2 atom stereocenters. The van der Waals surface area contributed by atoms with E-state index in [2.05, 4.69) is 49.8 Å². The number of hydrogen-bond acceptors (Lipinski definition) is 15. The van der Waals surface area contributed by atoms with Gasteiger partial charge in [-0.05, 0) is 12.0 Å². The molecule has 16 nitrogen and oxygen atoms in total. The first-order chi connectivity index (χ1) is 15.1. The monoisotopic (exact) mass is 442 g/mol. The Morgan fingerprint density at radius 2 is 1.74 bits per heavy atom. The van der Waals surface area contributed by atoms with Crippen molar-refractivity contribution in [3.8, 4) is 0 Å². The van der Waals surface area contributed by atoms with Gasteiger partial charge in [0.2, 0.25) is 0 Å². The number of hydrogen-bond donors (Lipinski definition) is 10. The number of esters is 1. The number of likely N-dealkylation sites (N-methyl/N-ethyl adjacent to an activating group) is 1. The zero-order valence-corrected chi connectivity index (χ0v) is 17.3. The molecule has 0 unspecified atom stereocenters. The summed E-state index contributed by atoms with van der Waals surface area (Å²) in [5.74, 6) is 4.48. The van der Waals surface area contributed by atoms with Gasteiger partial charge in [0.1, 0.15) is 12.6 Å². The van der Waals surface area contributed by atoms with E-state index in [4.69, 9.17) is 15.3 Å². The van der Waals surface area contributed by atoms with Crippen LogP contribution in [0, 0.1) is 0 Å². The predicted octanol–water partition coefficient (Wildman–Crippen LogP) is -3.71. The Kier molecular flexibility index (Phi) is 11.0. The van der Waals surface area contributed by atoms with Crippen LogP contribution in [0.15, 0.2) is 30.3 Å². The third-order valence-electron chi connectivity index (χ3n) is 4.42. The molecule has 1 heterocycles. The van der Waals surface area contributed by atoms with Crippen LogP contribution in [0.25, 0.3) is 0 Å². The molecule has 31 heavy (non-hydrogen) atoms. The first kappa shape index (κ1) is 24.8. The van der Waals surface area contributed by atoms with Gasteiger partial charge in [0, 0.05) is 19.6 Å². The van der Waals surface area contributed by atoms with Crippen LogP contribution in [0.5, 0.6) is 0 Å². The summed E-state index contributed by atoms with van der Waals surface area (Å²) < 4.78 is 10.2. The second kappa shape index (κ2) is 13.7. The lowest BCUT2D eigenvalue weighted by atomic mass is 10.1. The Morgan fingerprint density at radius 3 is 2.39 bits per heavy atom. The smallest absolute Gasteiger partial charge is 0.410 e. The fraction of sp³-hybridized carbons (Fsp3) is 0.467. The molecule has 1 aliphatic rings. The lowest BCUT2D eigenvalue weighted by molar-refractivity contribution is -0.145. The zero-order valence-electron chi connectivity index (χ0n) is 17.3. The van der Waals surface area contributed by atoms with Crippen LogP contribution < -0.4 is 55.7 Å². The number of nitrogens with one attached hydrogen (secondary N) is 9. The van der Waals surface area contributed by atoms with Crippen LogP contribution in [-0.2, 0) is 20.9 Å². The zero-order chi connectivity index (χ0) is 22.5. The molecule has 0 saturated carbocycles. The lowest BCUT2D eigenvalue weighted by Crippen LogP contribution is -2.66. The molecule has 16 heteroatoms. The molecule has 1 fully saturated rings. The van der Waals surface area contributed by atoms with E-state index in [0.717, 1.165) is 5.56 Å². The van der Waals surface area contributed by atoms with E-state index in [1.54, 1.807) is 12.1 Å². The van der Waals surface area contributed by atoms with Crippen LogP contribution in [0.3, 0.4) is 0 Å². The van der Waals surface area contributed by atoms with Gasteiger partial charge in [0.25, 0.3) is 0 Å². The minimum atomic E-state index is -0.741. The number of carbonyl (C=O) groups is 2. The molecule has 2 rings (SSSR count). The quantitative estimate of drug-likeness (QED) is 0.0620. The van der Waals surface area contributed by atoms with Crippen molar-refractivity contribution in [2.75, 3.05) is 20.7 Å². The van der Waals surface area contributed by atoms with Crippen molar-refractivity contribution in [1.29, 1.82) is 0 Å². The number of carbonyl (C=O) groups excluding carboxylic acids is 2. The molecule has 0 spiro atoms. The number of nitrogens with zero attached hydrogens (tertiary/aromatic N) is 2. The van der Waals surface area contributed by atoms with E-state index in [0.29, 0.717) is 6.42 Å². The van der Waals surface area contributed by atoms with Crippen molar-refractivity contribution in [2.24, 2.45) is 5.84 Å². The summed E-state index contributed by atoms with van der Waals surface area (Å²) in [6.45, 7) is 0.389. The SMILES string of the molecule is COC(=O)[C@@H]1C[C@@H](N(C)NNNNNNNNNN)CN1C(=O)OCc1ccccc1. The van der Waals surface area contributed by atoms with Crippen LogP contribution >= 0.6 is 0 Å². The Morgan fingerprint density at radius 1 is 1.10 bits per heavy atom. The number of benzene rings is 1. The van der Waals surface area contributed by atoms with Gasteiger partial charge >= 0.3 is 12.1 Å². The predicted molar refractivity (Wildman–Crippen MR) is 108 cm³/mol. The summed E-state index contributed by atoms with van der Waals surface area (Å²) >= 11 is 0. The van der Waals surface area contributed by atoms with Crippen molar-refractivity contribution < 1.29 is 19.1 Å². The van der Waals surface area contributed by atoms with Crippen molar-refractivity contribution in [3.05, 3.63) is 35.9 Å². The highest BCUT2D eigenvalue weighted by molar-refractivity contribution is 5.82. The maximum atomic E-state index is 12.6. The van der Waals surface area contributed by atoms with Crippen molar-refractivity contribution in [3.63, 3.8) is 0 Å². The number of rotatable bonds is 13. The first-order valence-electron chi connectivity index (χ1n) is 9.31. The first-order valence-corrected chi connectivity index (χ1v) is 9.31. The maximum Gasteiger partial charge on any atom is 0.410 e. The second-order valence-corrected chi connectivity index (χ2v) is 6.36. The summed E-state index contributed by atoms with van der Waals surface area (Å²) in [5, 5.41) is 1.71. The molecule has 1 aliphatic heterocycles. The number of methoxy groups -OCH3 is 1. The highest BCUT2D eigenvalue weighted by Gasteiger charge is 2.42. The molecular formula is C15H30N12O4. The number of nitrogens with two attached hydrogens (primary N) is 1. The molecule has 1 aromatic rings. The third kappa shape index (κ3) is 8.28. The average Bonchev–Trinajstić information content (AvgIpc) is 3.25. The van der Waals surface area contributed by atoms with Gasteiger partial charge in [-0.1, -0.05) is 30.3 Å². The van der Waals surface area contributed by atoms with E-state index in [9.17, 15) is 9.59 Å². The van der Waals surface area contributed by atoms with Gasteiger partial charge in [-0.3, -0.25) is 10.7 Å². The van der Waals surface area contributed by atoms with Gasteiger partial charge in [-0.25, -0.2) is 14.6 Å². The van der Waals surface area contributed by atoms with Crippen LogP contribution in [0.1, 0.15) is 12.0 Å². The van der Waals surface area contributed by atoms with E-state index in [1.807, 2.05) is 30.3 Å². The molecule has 11 N–H and O–H groups in total. The van der Waals surface area contributed by atoms with Gasteiger partial charge in [0.15, 0.2) is 0 Å². The number of amides is 1. The largest absolute Gasteiger partial charge is 0.467 e. The highest BCUT2D eigenvalue weighted by Crippen LogP contribution is 2.23. The topological polar surface area (TPSA) is 193 Å². The molecule has 0 bridgehead atoms.